The van der Waals surface area contributed by atoms with Crippen LogP contribution in [0.25, 0.3) is 0 Å². The summed E-state index contributed by atoms with van der Waals surface area (Å²) in [6.45, 7) is 4.21. The van der Waals surface area contributed by atoms with E-state index in [4.69, 9.17) is 0 Å². The molecule has 0 spiro atoms. The first-order valence-electron chi connectivity index (χ1n) is 5.34. The summed E-state index contributed by atoms with van der Waals surface area (Å²) in [6, 6.07) is 8.77. The second kappa shape index (κ2) is 4.75. The molecule has 0 amide bonds. The third-order valence-corrected chi connectivity index (χ3v) is 2.52. The number of hydrogen-bond donors (Lipinski definition) is 1. The highest BCUT2D eigenvalue weighted by molar-refractivity contribution is 5.40. The summed E-state index contributed by atoms with van der Waals surface area (Å²) in [5.74, 6) is 0. The fourth-order valence-electron chi connectivity index (χ4n) is 1.56. The van der Waals surface area contributed by atoms with Gasteiger partial charge in [-0.15, -0.1) is 0 Å². The Labute approximate surface area is 95.6 Å². The Morgan fingerprint density at radius 1 is 1.06 bits per heavy atom. The minimum absolute atomic E-state index is 0.256. The Kier molecular flexibility index (Phi) is 3.15. The molecule has 2 aromatic rings. The van der Waals surface area contributed by atoms with Crippen molar-refractivity contribution in [2.75, 3.05) is 5.32 Å². The highest BCUT2D eigenvalue weighted by Crippen LogP contribution is 2.18. The molecule has 0 saturated carbocycles. The maximum Gasteiger partial charge on any atom is 0.115 e. The van der Waals surface area contributed by atoms with Gasteiger partial charge in [-0.05, 0) is 19.4 Å². The number of benzene rings is 1. The molecule has 1 N–H and O–H groups in total. The number of hydrogen-bond acceptors (Lipinski definition) is 3. The summed E-state index contributed by atoms with van der Waals surface area (Å²) in [7, 11) is 0. The fourth-order valence-corrected chi connectivity index (χ4v) is 1.56. The van der Waals surface area contributed by atoms with Crippen LogP contribution < -0.4 is 5.32 Å². The maximum absolute atomic E-state index is 3.97. The van der Waals surface area contributed by atoms with E-state index in [1.165, 1.54) is 17.5 Å². The normalized spacial score (nSPS) is 12.1. The summed E-state index contributed by atoms with van der Waals surface area (Å²) in [5.41, 5.74) is 3.48. The number of rotatable bonds is 3. The lowest BCUT2D eigenvalue weighted by Crippen LogP contribution is -2.06. The van der Waals surface area contributed by atoms with Gasteiger partial charge in [0.15, 0.2) is 0 Å². The van der Waals surface area contributed by atoms with Gasteiger partial charge in [0.05, 0.1) is 18.1 Å². The second-order valence-electron chi connectivity index (χ2n) is 3.90. The highest BCUT2D eigenvalue weighted by atomic mass is 15.0. The predicted molar refractivity (Wildman–Crippen MR) is 65.2 cm³/mol. The Morgan fingerprint density at radius 3 is 2.31 bits per heavy atom. The van der Waals surface area contributed by atoms with Crippen LogP contribution in [0.5, 0.6) is 0 Å². The first-order valence-corrected chi connectivity index (χ1v) is 5.34. The number of nitrogens with zero attached hydrogens (tertiary/aromatic N) is 2. The van der Waals surface area contributed by atoms with Gasteiger partial charge in [-0.3, -0.25) is 0 Å². The van der Waals surface area contributed by atoms with Crippen LogP contribution in [0, 0.1) is 6.92 Å². The molecule has 0 aliphatic rings. The number of anilines is 1. The smallest absolute Gasteiger partial charge is 0.115 e. The van der Waals surface area contributed by atoms with Gasteiger partial charge in [-0.1, -0.05) is 29.8 Å². The minimum Gasteiger partial charge on any atom is -0.376 e. The Hall–Kier alpha value is -1.90. The zero-order valence-corrected chi connectivity index (χ0v) is 9.51. The SMILES string of the molecule is Cc1ccc(C(C)Nc2cncnc2)cc1. The largest absolute Gasteiger partial charge is 0.376 e. The van der Waals surface area contributed by atoms with Crippen molar-refractivity contribution in [2.24, 2.45) is 0 Å². The molecular formula is C13H15N3. The van der Waals surface area contributed by atoms with Crippen molar-refractivity contribution in [1.82, 2.24) is 9.97 Å². The average Bonchev–Trinajstić information content (AvgIpc) is 2.31. The lowest BCUT2D eigenvalue weighted by atomic mass is 10.1. The molecular weight excluding hydrogens is 198 g/mol. The molecule has 3 heteroatoms. The number of aromatic nitrogens is 2. The van der Waals surface area contributed by atoms with Gasteiger partial charge in [0.25, 0.3) is 0 Å². The van der Waals surface area contributed by atoms with E-state index >= 15 is 0 Å². The zero-order chi connectivity index (χ0) is 11.4. The van der Waals surface area contributed by atoms with Crippen LogP contribution in [-0.2, 0) is 0 Å². The van der Waals surface area contributed by atoms with Crippen LogP contribution in [0.2, 0.25) is 0 Å². The number of aryl methyl sites for hydroxylation is 1. The predicted octanol–water partition coefficient (Wildman–Crippen LogP) is 2.96. The summed E-state index contributed by atoms with van der Waals surface area (Å²) in [4.78, 5) is 7.94. The molecule has 1 aromatic carbocycles. The van der Waals surface area contributed by atoms with E-state index in [1.54, 1.807) is 12.4 Å². The topological polar surface area (TPSA) is 37.8 Å². The van der Waals surface area contributed by atoms with E-state index in [0.29, 0.717) is 0 Å². The summed E-state index contributed by atoms with van der Waals surface area (Å²) < 4.78 is 0. The maximum atomic E-state index is 3.97. The van der Waals surface area contributed by atoms with E-state index < -0.39 is 0 Å². The molecule has 0 aliphatic heterocycles. The third-order valence-electron chi connectivity index (χ3n) is 2.52. The van der Waals surface area contributed by atoms with Crippen LogP contribution in [0.15, 0.2) is 43.0 Å². The first-order chi connectivity index (χ1) is 7.75. The van der Waals surface area contributed by atoms with Crippen LogP contribution in [-0.4, -0.2) is 9.97 Å². The lowest BCUT2D eigenvalue weighted by molar-refractivity contribution is 0.879. The van der Waals surface area contributed by atoms with E-state index in [1.807, 2.05) is 0 Å². The molecule has 0 bridgehead atoms. The van der Waals surface area contributed by atoms with E-state index in [9.17, 15) is 0 Å². The van der Waals surface area contributed by atoms with Gasteiger partial charge in [0.1, 0.15) is 6.33 Å². The molecule has 1 unspecified atom stereocenters. The molecule has 3 nitrogen and oxygen atoms in total. The molecule has 0 aliphatic carbocycles. The van der Waals surface area contributed by atoms with Crippen molar-refractivity contribution < 1.29 is 0 Å². The second-order valence-corrected chi connectivity index (χ2v) is 3.90. The van der Waals surface area contributed by atoms with Crippen molar-refractivity contribution in [3.63, 3.8) is 0 Å². The van der Waals surface area contributed by atoms with Crippen molar-refractivity contribution in [2.45, 2.75) is 19.9 Å². The fraction of sp³-hybridized carbons (Fsp3) is 0.231. The molecule has 0 saturated heterocycles. The molecule has 2 rings (SSSR count). The Balaban J connectivity index is 2.09. The van der Waals surface area contributed by atoms with E-state index in [-0.39, 0.29) is 6.04 Å². The number of nitrogens with one attached hydrogen (secondary N) is 1. The van der Waals surface area contributed by atoms with Crippen molar-refractivity contribution >= 4 is 5.69 Å². The molecule has 1 atom stereocenters. The van der Waals surface area contributed by atoms with Crippen molar-refractivity contribution in [3.05, 3.63) is 54.1 Å². The Bertz CT molecular complexity index is 436. The Morgan fingerprint density at radius 2 is 1.69 bits per heavy atom. The summed E-state index contributed by atoms with van der Waals surface area (Å²) in [5, 5.41) is 3.35. The van der Waals surface area contributed by atoms with Gasteiger partial charge in [-0.2, -0.15) is 0 Å². The molecule has 82 valence electrons. The van der Waals surface area contributed by atoms with Gasteiger partial charge >= 0.3 is 0 Å². The van der Waals surface area contributed by atoms with Crippen molar-refractivity contribution in [3.8, 4) is 0 Å². The minimum atomic E-state index is 0.256. The van der Waals surface area contributed by atoms with Gasteiger partial charge < -0.3 is 5.32 Å². The molecule has 16 heavy (non-hydrogen) atoms. The van der Waals surface area contributed by atoms with Gasteiger partial charge in [0.2, 0.25) is 0 Å². The van der Waals surface area contributed by atoms with Gasteiger partial charge in [0, 0.05) is 6.04 Å². The summed E-state index contributed by atoms with van der Waals surface area (Å²) in [6.07, 6.45) is 5.08. The highest BCUT2D eigenvalue weighted by Gasteiger charge is 2.04. The van der Waals surface area contributed by atoms with Gasteiger partial charge in [-0.25, -0.2) is 9.97 Å². The van der Waals surface area contributed by atoms with Crippen LogP contribution in [0.3, 0.4) is 0 Å². The first kappa shape index (κ1) is 10.6. The lowest BCUT2D eigenvalue weighted by Gasteiger charge is -2.15. The van der Waals surface area contributed by atoms with E-state index in [2.05, 4.69) is 53.4 Å². The monoisotopic (exact) mass is 213 g/mol. The molecule has 0 fully saturated rings. The standard InChI is InChI=1S/C13H15N3/c1-10-3-5-12(6-4-10)11(2)16-13-7-14-9-15-8-13/h3-9,11,16H,1-2H3. The average molecular weight is 213 g/mol. The quantitative estimate of drug-likeness (QED) is 0.851. The van der Waals surface area contributed by atoms with Crippen molar-refractivity contribution in [1.29, 1.82) is 0 Å². The van der Waals surface area contributed by atoms with E-state index in [0.717, 1.165) is 5.69 Å². The molecule has 1 heterocycles. The van der Waals surface area contributed by atoms with Crippen LogP contribution in [0.4, 0.5) is 5.69 Å². The van der Waals surface area contributed by atoms with Crippen LogP contribution in [0.1, 0.15) is 24.1 Å². The third kappa shape index (κ3) is 2.57. The molecule has 0 radical (unpaired) electrons. The zero-order valence-electron chi connectivity index (χ0n) is 9.51. The van der Waals surface area contributed by atoms with Crippen LogP contribution >= 0.6 is 0 Å². The molecule has 1 aromatic heterocycles. The summed E-state index contributed by atoms with van der Waals surface area (Å²) >= 11 is 0.